The summed E-state index contributed by atoms with van der Waals surface area (Å²) in [6.45, 7) is 2.19. The van der Waals surface area contributed by atoms with Crippen LogP contribution in [0.3, 0.4) is 0 Å². The van der Waals surface area contributed by atoms with E-state index in [4.69, 9.17) is 0 Å². The van der Waals surface area contributed by atoms with Crippen LogP contribution in [0.1, 0.15) is 18.1 Å². The van der Waals surface area contributed by atoms with Gasteiger partial charge in [0.2, 0.25) is 0 Å². The number of rotatable bonds is 6. The van der Waals surface area contributed by atoms with E-state index < -0.39 is 6.10 Å². The lowest BCUT2D eigenvalue weighted by molar-refractivity contribution is 0.147. The van der Waals surface area contributed by atoms with Gasteiger partial charge in [-0.25, -0.2) is 4.68 Å². The zero-order valence-corrected chi connectivity index (χ0v) is 14.3. The van der Waals surface area contributed by atoms with E-state index in [0.717, 1.165) is 28.8 Å². The van der Waals surface area contributed by atoms with Gasteiger partial charge in [-0.1, -0.05) is 67.6 Å². The van der Waals surface area contributed by atoms with E-state index in [-0.39, 0.29) is 12.1 Å². The molecule has 4 nitrogen and oxygen atoms in total. The summed E-state index contributed by atoms with van der Waals surface area (Å²) in [7, 11) is 0. The summed E-state index contributed by atoms with van der Waals surface area (Å²) < 4.78 is 1.37. The molecular weight excluding hydrogens is 312 g/mol. The molecule has 1 N–H and O–H groups in total. The number of aliphatic hydroxyl groups excluding tert-OH is 1. The third-order valence-electron chi connectivity index (χ3n) is 4.20. The fourth-order valence-corrected chi connectivity index (χ4v) is 2.92. The Kier molecular flexibility index (Phi) is 5.41. The number of nitrogens with zero attached hydrogens (tertiary/aromatic N) is 2. The van der Waals surface area contributed by atoms with E-state index in [1.165, 1.54) is 4.68 Å². The fraction of sp³-hybridized carbons (Fsp3) is 0.238. The second kappa shape index (κ2) is 7.90. The van der Waals surface area contributed by atoms with Gasteiger partial charge in [-0.05, 0) is 17.5 Å². The number of hydrogen-bond acceptors (Lipinski definition) is 3. The average molecular weight is 334 g/mol. The molecule has 1 aromatic heterocycles. The molecule has 0 fully saturated rings. The van der Waals surface area contributed by atoms with E-state index in [0.29, 0.717) is 6.42 Å². The van der Waals surface area contributed by atoms with Crippen molar-refractivity contribution in [1.82, 2.24) is 9.78 Å². The summed E-state index contributed by atoms with van der Waals surface area (Å²) >= 11 is 0. The van der Waals surface area contributed by atoms with Crippen molar-refractivity contribution in [2.24, 2.45) is 0 Å². The predicted molar refractivity (Wildman–Crippen MR) is 99.5 cm³/mol. The highest BCUT2D eigenvalue weighted by Crippen LogP contribution is 2.20. The second-order valence-corrected chi connectivity index (χ2v) is 6.10. The third-order valence-corrected chi connectivity index (χ3v) is 4.20. The lowest BCUT2D eigenvalue weighted by atomic mass is 10.0. The Bertz CT molecular complexity index is 873. The lowest BCUT2D eigenvalue weighted by Crippen LogP contribution is -2.30. The topological polar surface area (TPSA) is 55.1 Å². The van der Waals surface area contributed by atoms with Crippen LogP contribution in [0.25, 0.3) is 11.3 Å². The number of benzene rings is 2. The fourth-order valence-electron chi connectivity index (χ4n) is 2.92. The van der Waals surface area contributed by atoms with Gasteiger partial charge in [0, 0.05) is 18.1 Å². The summed E-state index contributed by atoms with van der Waals surface area (Å²) in [5.41, 5.74) is 3.56. The zero-order chi connectivity index (χ0) is 17.6. The first-order chi connectivity index (χ1) is 12.2. The summed E-state index contributed by atoms with van der Waals surface area (Å²) in [5.74, 6) is 0. The smallest absolute Gasteiger partial charge is 0.267 e. The molecule has 0 spiro atoms. The molecule has 0 radical (unpaired) electrons. The molecule has 0 bridgehead atoms. The third kappa shape index (κ3) is 4.22. The molecule has 0 aliphatic carbocycles. The van der Waals surface area contributed by atoms with Crippen LogP contribution in [-0.2, 0) is 19.4 Å². The van der Waals surface area contributed by atoms with Crippen LogP contribution in [0.5, 0.6) is 0 Å². The van der Waals surface area contributed by atoms with Crippen LogP contribution in [0.4, 0.5) is 0 Å². The van der Waals surface area contributed by atoms with Crippen molar-refractivity contribution in [3.05, 3.63) is 88.2 Å². The summed E-state index contributed by atoms with van der Waals surface area (Å²) in [5, 5.41) is 14.9. The molecule has 0 aliphatic heterocycles. The first-order valence-electron chi connectivity index (χ1n) is 8.56. The first-order valence-corrected chi connectivity index (χ1v) is 8.56. The van der Waals surface area contributed by atoms with Gasteiger partial charge in [0.25, 0.3) is 5.56 Å². The van der Waals surface area contributed by atoms with Crippen LogP contribution < -0.4 is 5.56 Å². The Morgan fingerprint density at radius 3 is 2.32 bits per heavy atom. The van der Waals surface area contributed by atoms with Gasteiger partial charge in [0.1, 0.15) is 0 Å². The molecule has 3 rings (SSSR count). The molecule has 128 valence electrons. The van der Waals surface area contributed by atoms with E-state index in [2.05, 4.69) is 5.10 Å². The van der Waals surface area contributed by atoms with Gasteiger partial charge in [-0.2, -0.15) is 5.10 Å². The van der Waals surface area contributed by atoms with Crippen molar-refractivity contribution in [2.45, 2.75) is 32.4 Å². The van der Waals surface area contributed by atoms with Crippen LogP contribution in [-0.4, -0.2) is 21.0 Å². The summed E-state index contributed by atoms with van der Waals surface area (Å²) in [6.07, 6.45) is 0.564. The maximum atomic E-state index is 12.4. The minimum Gasteiger partial charge on any atom is -0.391 e. The van der Waals surface area contributed by atoms with Crippen molar-refractivity contribution in [3.8, 4) is 11.3 Å². The van der Waals surface area contributed by atoms with Crippen LogP contribution in [0, 0.1) is 0 Å². The van der Waals surface area contributed by atoms with Crippen LogP contribution in [0.2, 0.25) is 0 Å². The van der Waals surface area contributed by atoms with E-state index >= 15 is 0 Å². The minimum absolute atomic E-state index is 0.177. The minimum atomic E-state index is -0.663. The van der Waals surface area contributed by atoms with E-state index in [9.17, 15) is 9.90 Å². The van der Waals surface area contributed by atoms with Gasteiger partial charge in [-0.15, -0.1) is 0 Å². The molecule has 1 atom stereocenters. The molecule has 25 heavy (non-hydrogen) atoms. The lowest BCUT2D eigenvalue weighted by Gasteiger charge is -2.15. The standard InChI is InChI=1S/C21H22N2O2/c1-2-17-14-20(25)23(22-21(17)18-11-7-4-8-12-18)15-19(24)13-16-9-5-3-6-10-16/h3-12,14,19,24H,2,13,15H2,1H3. The summed E-state index contributed by atoms with van der Waals surface area (Å²) in [4.78, 5) is 12.4. The van der Waals surface area contributed by atoms with Gasteiger partial charge in [0.15, 0.2) is 0 Å². The maximum absolute atomic E-state index is 12.4. The highest BCUT2D eigenvalue weighted by molar-refractivity contribution is 5.62. The number of aliphatic hydroxyl groups is 1. The van der Waals surface area contributed by atoms with Crippen LogP contribution in [0.15, 0.2) is 71.5 Å². The number of hydrogen-bond donors (Lipinski definition) is 1. The summed E-state index contributed by atoms with van der Waals surface area (Å²) in [6, 6.07) is 21.2. The molecule has 2 aromatic carbocycles. The molecule has 3 aromatic rings. The molecule has 0 aliphatic rings. The molecule has 1 heterocycles. The van der Waals surface area contributed by atoms with Crippen molar-refractivity contribution in [2.75, 3.05) is 0 Å². The van der Waals surface area contributed by atoms with Gasteiger partial charge >= 0.3 is 0 Å². The normalized spacial score (nSPS) is 12.1. The largest absolute Gasteiger partial charge is 0.391 e. The van der Waals surface area contributed by atoms with Gasteiger partial charge in [-0.3, -0.25) is 4.79 Å². The predicted octanol–water partition coefficient (Wildman–Crippen LogP) is 3.08. The Morgan fingerprint density at radius 1 is 1.04 bits per heavy atom. The molecule has 0 saturated carbocycles. The Labute approximate surface area is 147 Å². The zero-order valence-electron chi connectivity index (χ0n) is 14.3. The highest BCUT2D eigenvalue weighted by Gasteiger charge is 2.13. The molecule has 0 amide bonds. The molecule has 1 unspecified atom stereocenters. The van der Waals surface area contributed by atoms with Gasteiger partial charge < -0.3 is 5.11 Å². The van der Waals surface area contributed by atoms with Crippen molar-refractivity contribution in [3.63, 3.8) is 0 Å². The van der Waals surface area contributed by atoms with E-state index in [1.54, 1.807) is 6.07 Å². The van der Waals surface area contributed by atoms with E-state index in [1.807, 2.05) is 67.6 Å². The molecule has 4 heteroatoms. The van der Waals surface area contributed by atoms with Crippen LogP contribution >= 0.6 is 0 Å². The van der Waals surface area contributed by atoms with Crippen molar-refractivity contribution < 1.29 is 5.11 Å². The highest BCUT2D eigenvalue weighted by atomic mass is 16.3. The molecular formula is C21H22N2O2. The Balaban J connectivity index is 1.87. The SMILES string of the molecule is CCc1cc(=O)n(CC(O)Cc2ccccc2)nc1-c1ccccc1. The van der Waals surface area contributed by atoms with Crippen molar-refractivity contribution in [1.29, 1.82) is 0 Å². The van der Waals surface area contributed by atoms with Crippen molar-refractivity contribution >= 4 is 0 Å². The monoisotopic (exact) mass is 334 g/mol. The number of aromatic nitrogens is 2. The Hall–Kier alpha value is -2.72. The average Bonchev–Trinajstić information content (AvgIpc) is 2.64. The van der Waals surface area contributed by atoms with Gasteiger partial charge in [0.05, 0.1) is 18.3 Å². The quantitative estimate of drug-likeness (QED) is 0.754. The molecule has 0 saturated heterocycles. The Morgan fingerprint density at radius 2 is 1.68 bits per heavy atom. The number of aryl methyl sites for hydroxylation is 1. The second-order valence-electron chi connectivity index (χ2n) is 6.10. The maximum Gasteiger partial charge on any atom is 0.267 e. The first kappa shape index (κ1) is 17.1.